The molecule has 1 amide bonds. The van der Waals surface area contributed by atoms with E-state index in [1.807, 2.05) is 68.4 Å². The van der Waals surface area contributed by atoms with Crippen LogP contribution in [0.15, 0.2) is 77.7 Å². The van der Waals surface area contributed by atoms with Gasteiger partial charge in [0.05, 0.1) is 6.61 Å². The number of carboxylic acids is 1. The third-order valence-electron chi connectivity index (χ3n) is 5.81. The number of nitrogens with one attached hydrogen (secondary N) is 2. The molecular formula is C27H27ClN2O4S. The van der Waals surface area contributed by atoms with E-state index in [9.17, 15) is 14.7 Å². The zero-order valence-electron chi connectivity index (χ0n) is 19.5. The van der Waals surface area contributed by atoms with Gasteiger partial charge in [-0.1, -0.05) is 61.8 Å². The molecule has 0 radical (unpaired) electrons. The van der Waals surface area contributed by atoms with E-state index in [0.717, 1.165) is 21.6 Å². The molecule has 0 spiro atoms. The fourth-order valence-electron chi connectivity index (χ4n) is 3.80. The van der Waals surface area contributed by atoms with Crippen molar-refractivity contribution in [3.63, 3.8) is 0 Å². The molecule has 0 bridgehead atoms. The minimum Gasteiger partial charge on any atom is -0.480 e. The van der Waals surface area contributed by atoms with E-state index in [0.29, 0.717) is 23.7 Å². The lowest BCUT2D eigenvalue weighted by Gasteiger charge is -2.15. The molecular weight excluding hydrogens is 484 g/mol. The van der Waals surface area contributed by atoms with Crippen LogP contribution >= 0.6 is 23.5 Å². The van der Waals surface area contributed by atoms with Crippen LogP contribution in [0.4, 0.5) is 10.5 Å². The van der Waals surface area contributed by atoms with Crippen molar-refractivity contribution in [1.29, 1.82) is 0 Å². The van der Waals surface area contributed by atoms with E-state index in [1.165, 1.54) is 11.9 Å². The summed E-state index contributed by atoms with van der Waals surface area (Å²) in [6.45, 7) is 4.26. The van der Waals surface area contributed by atoms with Gasteiger partial charge < -0.3 is 9.84 Å². The fourth-order valence-corrected chi connectivity index (χ4v) is 4.81. The zero-order chi connectivity index (χ0) is 25.0. The van der Waals surface area contributed by atoms with Gasteiger partial charge in [0, 0.05) is 21.5 Å². The molecule has 3 aromatic carbocycles. The SMILES string of the molecule is CC(C)COC(=O)Nc1cccc(C2CC2(NSc2ccc(-c3ccc(Cl)cc3)cc2)C(=O)O)c1. The Labute approximate surface area is 214 Å². The van der Waals surface area contributed by atoms with Crippen molar-refractivity contribution < 1.29 is 19.4 Å². The zero-order valence-corrected chi connectivity index (χ0v) is 21.0. The second kappa shape index (κ2) is 10.7. The molecule has 0 aromatic heterocycles. The Morgan fingerprint density at radius 2 is 1.74 bits per heavy atom. The standard InChI is InChI=1S/C27H27ClN2O4S/c1-17(2)16-34-26(33)29-22-5-3-4-20(14-22)24-15-27(24,25(31)32)30-35-23-12-8-19(9-13-23)18-6-10-21(28)11-7-18/h3-14,17,24,30H,15-16H2,1-2H3,(H,29,33)(H,31,32). The summed E-state index contributed by atoms with van der Waals surface area (Å²) in [5.74, 6) is -0.872. The number of anilines is 1. The largest absolute Gasteiger partial charge is 0.480 e. The van der Waals surface area contributed by atoms with Crippen LogP contribution in [-0.2, 0) is 9.53 Å². The second-order valence-electron chi connectivity index (χ2n) is 9.01. The van der Waals surface area contributed by atoms with E-state index in [4.69, 9.17) is 16.3 Å². The number of rotatable bonds is 9. The molecule has 8 heteroatoms. The van der Waals surface area contributed by atoms with Crippen LogP contribution in [0, 0.1) is 5.92 Å². The number of amides is 1. The molecule has 3 aromatic rings. The van der Waals surface area contributed by atoms with Gasteiger partial charge in [-0.2, -0.15) is 0 Å². The van der Waals surface area contributed by atoms with Crippen molar-refractivity contribution in [2.45, 2.75) is 36.6 Å². The van der Waals surface area contributed by atoms with Gasteiger partial charge in [0.1, 0.15) is 5.54 Å². The lowest BCUT2D eigenvalue weighted by molar-refractivity contribution is -0.140. The van der Waals surface area contributed by atoms with Gasteiger partial charge >= 0.3 is 12.1 Å². The van der Waals surface area contributed by atoms with Gasteiger partial charge in [-0.25, -0.2) is 9.52 Å². The highest BCUT2D eigenvalue weighted by Crippen LogP contribution is 2.53. The lowest BCUT2D eigenvalue weighted by Crippen LogP contribution is -2.36. The molecule has 2 unspecified atom stereocenters. The Hall–Kier alpha value is -3.00. The maximum atomic E-state index is 12.2. The van der Waals surface area contributed by atoms with Crippen molar-refractivity contribution in [3.8, 4) is 11.1 Å². The van der Waals surface area contributed by atoms with Gasteiger partial charge in [-0.3, -0.25) is 10.1 Å². The Bertz CT molecular complexity index is 1200. The number of aliphatic carboxylic acids is 1. The van der Waals surface area contributed by atoms with E-state index in [2.05, 4.69) is 10.0 Å². The van der Waals surface area contributed by atoms with E-state index >= 15 is 0 Å². The smallest absolute Gasteiger partial charge is 0.411 e. The molecule has 6 nitrogen and oxygen atoms in total. The van der Waals surface area contributed by atoms with Gasteiger partial charge in [0.25, 0.3) is 0 Å². The second-order valence-corrected chi connectivity index (χ2v) is 10.3. The first-order chi connectivity index (χ1) is 16.8. The van der Waals surface area contributed by atoms with Crippen molar-refractivity contribution in [2.24, 2.45) is 5.92 Å². The molecule has 1 aliphatic carbocycles. The van der Waals surface area contributed by atoms with Crippen LogP contribution in [0.2, 0.25) is 5.02 Å². The highest BCUT2D eigenvalue weighted by molar-refractivity contribution is 7.97. The molecule has 2 atom stereocenters. The van der Waals surface area contributed by atoms with E-state index in [-0.39, 0.29) is 11.8 Å². The average Bonchev–Trinajstić information content (AvgIpc) is 3.59. The minimum atomic E-state index is -1.07. The third-order valence-corrected chi connectivity index (χ3v) is 7.03. The summed E-state index contributed by atoms with van der Waals surface area (Å²) in [5.41, 5.74) is 2.47. The summed E-state index contributed by atoms with van der Waals surface area (Å²) in [7, 11) is 0. The maximum absolute atomic E-state index is 12.2. The number of carbonyl (C=O) groups is 2. The average molecular weight is 511 g/mol. The Morgan fingerprint density at radius 3 is 2.37 bits per heavy atom. The van der Waals surface area contributed by atoms with Gasteiger partial charge in [0.15, 0.2) is 0 Å². The third kappa shape index (κ3) is 6.17. The first kappa shape index (κ1) is 25.1. The number of halogens is 1. The number of carboxylic acid groups (broad SMARTS) is 1. The van der Waals surface area contributed by atoms with Crippen molar-refractivity contribution in [2.75, 3.05) is 11.9 Å². The van der Waals surface area contributed by atoms with Crippen molar-refractivity contribution in [1.82, 2.24) is 4.72 Å². The van der Waals surface area contributed by atoms with Crippen LogP contribution in [-0.4, -0.2) is 29.3 Å². The molecule has 1 saturated carbocycles. The molecule has 35 heavy (non-hydrogen) atoms. The highest BCUT2D eigenvalue weighted by Gasteiger charge is 2.61. The molecule has 1 fully saturated rings. The number of hydrogen-bond acceptors (Lipinski definition) is 5. The Balaban J connectivity index is 1.39. The normalized spacial score (nSPS) is 18.8. The predicted molar refractivity (Wildman–Crippen MR) is 140 cm³/mol. The number of carbonyl (C=O) groups excluding carboxylic acids is 1. The van der Waals surface area contributed by atoms with Gasteiger partial charge in [-0.15, -0.1) is 0 Å². The van der Waals surface area contributed by atoms with Crippen LogP contribution in [0.3, 0.4) is 0 Å². The molecule has 0 aliphatic heterocycles. The van der Waals surface area contributed by atoms with Crippen LogP contribution in [0.1, 0.15) is 31.7 Å². The molecule has 182 valence electrons. The van der Waals surface area contributed by atoms with Crippen LogP contribution in [0.5, 0.6) is 0 Å². The van der Waals surface area contributed by atoms with Crippen LogP contribution < -0.4 is 10.0 Å². The summed E-state index contributed by atoms with van der Waals surface area (Å²) in [5, 5.41) is 13.4. The molecule has 0 heterocycles. The van der Waals surface area contributed by atoms with Crippen LogP contribution in [0.25, 0.3) is 11.1 Å². The van der Waals surface area contributed by atoms with Gasteiger partial charge in [0.2, 0.25) is 0 Å². The lowest BCUT2D eigenvalue weighted by atomic mass is 10.1. The summed E-state index contributed by atoms with van der Waals surface area (Å²) < 4.78 is 8.35. The topological polar surface area (TPSA) is 87.7 Å². The quantitative estimate of drug-likeness (QED) is 0.274. The summed E-state index contributed by atoms with van der Waals surface area (Å²) >= 11 is 7.27. The first-order valence-corrected chi connectivity index (χ1v) is 12.5. The maximum Gasteiger partial charge on any atom is 0.411 e. The van der Waals surface area contributed by atoms with Crippen molar-refractivity contribution in [3.05, 3.63) is 83.4 Å². The molecule has 4 rings (SSSR count). The summed E-state index contributed by atoms with van der Waals surface area (Å²) in [4.78, 5) is 25.1. The summed E-state index contributed by atoms with van der Waals surface area (Å²) in [6.07, 6.45) is -0.0636. The number of hydrogen-bond donors (Lipinski definition) is 3. The Morgan fingerprint density at radius 1 is 1.09 bits per heavy atom. The highest BCUT2D eigenvalue weighted by atomic mass is 35.5. The van der Waals surface area contributed by atoms with E-state index in [1.54, 1.807) is 18.2 Å². The minimum absolute atomic E-state index is 0.214. The van der Waals surface area contributed by atoms with Gasteiger partial charge in [-0.05, 0) is 77.4 Å². The first-order valence-electron chi connectivity index (χ1n) is 11.3. The van der Waals surface area contributed by atoms with Crippen molar-refractivity contribution >= 4 is 41.3 Å². The molecule has 1 aliphatic rings. The number of ether oxygens (including phenoxy) is 1. The predicted octanol–water partition coefficient (Wildman–Crippen LogP) is 6.82. The number of benzene rings is 3. The molecule has 0 saturated heterocycles. The summed E-state index contributed by atoms with van der Waals surface area (Å²) in [6, 6.07) is 22.8. The Kier molecular flexibility index (Phi) is 7.69. The van der Waals surface area contributed by atoms with E-state index < -0.39 is 17.6 Å². The monoisotopic (exact) mass is 510 g/mol. The molecule has 3 N–H and O–H groups in total. The fraction of sp³-hybridized carbons (Fsp3) is 0.259.